The van der Waals surface area contributed by atoms with Crippen LogP contribution < -0.4 is 9.62 Å². The normalized spacial score (nSPS) is 21.2. The second-order valence-electron chi connectivity index (χ2n) is 5.94. The molecule has 4 rings (SSSR count). The molecule has 2 aromatic rings. The second kappa shape index (κ2) is 5.57. The second-order valence-corrected chi connectivity index (χ2v) is 7.99. The molecule has 0 amide bonds. The van der Waals surface area contributed by atoms with Crippen molar-refractivity contribution >= 4 is 16.0 Å². The maximum Gasteiger partial charge on any atom is 0.225 e. The molecular formula is C14H18N6O2S. The van der Waals surface area contributed by atoms with Gasteiger partial charge in [0.25, 0.3) is 0 Å². The van der Waals surface area contributed by atoms with E-state index in [1.54, 1.807) is 24.7 Å². The summed E-state index contributed by atoms with van der Waals surface area (Å²) in [6.07, 6.45) is 6.68. The predicted octanol–water partition coefficient (Wildman–Crippen LogP) is 0.316. The Kier molecular flexibility index (Phi) is 3.53. The molecule has 0 bridgehead atoms. The first-order valence-corrected chi connectivity index (χ1v) is 9.21. The average molecular weight is 334 g/mol. The third kappa shape index (κ3) is 2.93. The average Bonchev–Trinajstić information content (AvgIpc) is 3.33. The summed E-state index contributed by atoms with van der Waals surface area (Å²) in [6, 6.07) is 3.64. The molecular weight excluding hydrogens is 316 g/mol. The lowest BCUT2D eigenvalue weighted by molar-refractivity contribution is 0.392. The van der Waals surface area contributed by atoms with Crippen molar-refractivity contribution in [3.8, 4) is 0 Å². The first kappa shape index (κ1) is 14.6. The Morgan fingerprint density at radius 1 is 1.22 bits per heavy atom. The van der Waals surface area contributed by atoms with E-state index in [0.29, 0.717) is 25.6 Å². The molecule has 0 unspecified atom stereocenters. The van der Waals surface area contributed by atoms with Gasteiger partial charge < -0.3 is 4.90 Å². The standard InChI is InChI=1S/C14H18N6O2S/c21-23(22,13-2-3-13)18-8-12-10-19(14-15-5-1-6-16-14)9-11-4-7-17-20(11)12/h1,4-7,12-13,18H,2-3,8-10H2/t12-/m0/s1. The Balaban J connectivity index is 1.54. The summed E-state index contributed by atoms with van der Waals surface area (Å²) in [5, 5.41) is 4.13. The predicted molar refractivity (Wildman–Crippen MR) is 84.3 cm³/mol. The first-order chi connectivity index (χ1) is 11.1. The van der Waals surface area contributed by atoms with Crippen molar-refractivity contribution in [3.05, 3.63) is 36.4 Å². The number of hydrogen-bond donors (Lipinski definition) is 1. The molecule has 0 spiro atoms. The highest BCUT2D eigenvalue weighted by Crippen LogP contribution is 2.28. The highest BCUT2D eigenvalue weighted by atomic mass is 32.2. The molecule has 2 aliphatic rings. The first-order valence-electron chi connectivity index (χ1n) is 7.66. The largest absolute Gasteiger partial charge is 0.333 e. The van der Waals surface area contributed by atoms with Crippen LogP contribution in [0.4, 0.5) is 5.95 Å². The van der Waals surface area contributed by atoms with E-state index in [-0.39, 0.29) is 11.3 Å². The van der Waals surface area contributed by atoms with Gasteiger partial charge in [-0.3, -0.25) is 4.68 Å². The molecule has 3 heterocycles. The minimum atomic E-state index is -3.20. The molecule has 1 atom stereocenters. The molecule has 1 fully saturated rings. The molecule has 2 aromatic heterocycles. The highest BCUT2D eigenvalue weighted by molar-refractivity contribution is 7.90. The fraction of sp³-hybridized carbons (Fsp3) is 0.500. The highest BCUT2D eigenvalue weighted by Gasteiger charge is 2.36. The van der Waals surface area contributed by atoms with E-state index >= 15 is 0 Å². The summed E-state index contributed by atoms with van der Waals surface area (Å²) in [4.78, 5) is 10.6. The van der Waals surface area contributed by atoms with Crippen molar-refractivity contribution in [2.45, 2.75) is 30.7 Å². The van der Waals surface area contributed by atoms with Crippen LogP contribution in [0.5, 0.6) is 0 Å². The van der Waals surface area contributed by atoms with Gasteiger partial charge in [0.2, 0.25) is 16.0 Å². The summed E-state index contributed by atoms with van der Waals surface area (Å²) in [6.45, 7) is 1.61. The Bertz CT molecular complexity index is 787. The van der Waals surface area contributed by atoms with Crippen molar-refractivity contribution in [2.24, 2.45) is 0 Å². The topological polar surface area (TPSA) is 93.0 Å². The third-order valence-corrected chi connectivity index (χ3v) is 6.12. The number of aromatic nitrogens is 4. The van der Waals surface area contributed by atoms with E-state index in [1.165, 1.54) is 0 Å². The minimum absolute atomic E-state index is 0.0777. The smallest absolute Gasteiger partial charge is 0.225 e. The quantitative estimate of drug-likeness (QED) is 0.846. The zero-order chi connectivity index (χ0) is 15.9. The number of nitrogens with one attached hydrogen (secondary N) is 1. The summed E-state index contributed by atoms with van der Waals surface area (Å²) in [7, 11) is -3.20. The van der Waals surface area contributed by atoms with Gasteiger partial charge in [-0.25, -0.2) is 23.1 Å². The van der Waals surface area contributed by atoms with Gasteiger partial charge in [-0.05, 0) is 25.0 Å². The van der Waals surface area contributed by atoms with Crippen molar-refractivity contribution in [2.75, 3.05) is 18.0 Å². The van der Waals surface area contributed by atoms with E-state index in [9.17, 15) is 8.42 Å². The lowest BCUT2D eigenvalue weighted by Crippen LogP contribution is -2.44. The number of rotatable bonds is 5. The Morgan fingerprint density at radius 2 is 2.00 bits per heavy atom. The SMILES string of the molecule is O=S(=O)(NC[C@H]1CN(c2ncccn2)Cc2ccnn21)C1CC1. The van der Waals surface area contributed by atoms with E-state index in [4.69, 9.17) is 0 Å². The van der Waals surface area contributed by atoms with Gasteiger partial charge in [-0.1, -0.05) is 0 Å². The third-order valence-electron chi connectivity index (χ3n) is 4.20. The fourth-order valence-corrected chi connectivity index (χ4v) is 4.27. The number of fused-ring (bicyclic) bond motifs is 1. The maximum absolute atomic E-state index is 12.1. The molecule has 1 N–H and O–H groups in total. The summed E-state index contributed by atoms with van der Waals surface area (Å²) >= 11 is 0. The van der Waals surface area contributed by atoms with E-state index in [2.05, 4.69) is 19.8 Å². The lowest BCUT2D eigenvalue weighted by atomic mass is 10.2. The van der Waals surface area contributed by atoms with Crippen LogP contribution in [-0.2, 0) is 16.6 Å². The molecule has 122 valence electrons. The minimum Gasteiger partial charge on any atom is -0.333 e. The van der Waals surface area contributed by atoms with Crippen LogP contribution in [-0.4, -0.2) is 46.5 Å². The number of nitrogens with zero attached hydrogens (tertiary/aromatic N) is 5. The van der Waals surface area contributed by atoms with Gasteiger partial charge in [-0.2, -0.15) is 5.10 Å². The van der Waals surface area contributed by atoms with Gasteiger partial charge in [0.1, 0.15) is 0 Å². The van der Waals surface area contributed by atoms with Gasteiger partial charge in [-0.15, -0.1) is 0 Å². The lowest BCUT2D eigenvalue weighted by Gasteiger charge is -2.33. The van der Waals surface area contributed by atoms with Crippen LogP contribution in [0.3, 0.4) is 0 Å². The summed E-state index contributed by atoms with van der Waals surface area (Å²) in [5.74, 6) is 0.648. The van der Waals surface area contributed by atoms with Crippen LogP contribution in [0.25, 0.3) is 0 Å². The number of sulfonamides is 1. The molecule has 0 saturated heterocycles. The van der Waals surface area contributed by atoms with Crippen molar-refractivity contribution in [1.82, 2.24) is 24.5 Å². The van der Waals surface area contributed by atoms with Crippen LogP contribution in [0.15, 0.2) is 30.7 Å². The fourth-order valence-electron chi connectivity index (χ4n) is 2.85. The monoisotopic (exact) mass is 334 g/mol. The zero-order valence-electron chi connectivity index (χ0n) is 12.5. The van der Waals surface area contributed by atoms with Crippen molar-refractivity contribution < 1.29 is 8.42 Å². The van der Waals surface area contributed by atoms with Crippen LogP contribution in [0, 0.1) is 0 Å². The van der Waals surface area contributed by atoms with Crippen LogP contribution >= 0.6 is 0 Å². The zero-order valence-corrected chi connectivity index (χ0v) is 13.4. The maximum atomic E-state index is 12.1. The summed E-state index contributed by atoms with van der Waals surface area (Å²) < 4.78 is 28.8. The van der Waals surface area contributed by atoms with E-state index in [1.807, 2.05) is 15.6 Å². The Labute approximate surface area is 134 Å². The van der Waals surface area contributed by atoms with Gasteiger partial charge in [0, 0.05) is 31.7 Å². The van der Waals surface area contributed by atoms with E-state index in [0.717, 1.165) is 18.5 Å². The molecule has 0 aromatic carbocycles. The Morgan fingerprint density at radius 3 is 2.74 bits per heavy atom. The number of hydrogen-bond acceptors (Lipinski definition) is 6. The van der Waals surface area contributed by atoms with Crippen LogP contribution in [0.2, 0.25) is 0 Å². The molecule has 23 heavy (non-hydrogen) atoms. The molecule has 1 saturated carbocycles. The van der Waals surface area contributed by atoms with Gasteiger partial charge in [0.15, 0.2) is 0 Å². The van der Waals surface area contributed by atoms with Crippen molar-refractivity contribution in [1.29, 1.82) is 0 Å². The van der Waals surface area contributed by atoms with E-state index < -0.39 is 10.0 Å². The molecule has 0 radical (unpaired) electrons. The van der Waals surface area contributed by atoms with Crippen molar-refractivity contribution in [3.63, 3.8) is 0 Å². The van der Waals surface area contributed by atoms with Gasteiger partial charge in [0.05, 0.1) is 23.5 Å². The molecule has 1 aliphatic heterocycles. The molecule has 1 aliphatic carbocycles. The summed E-state index contributed by atoms with van der Waals surface area (Å²) in [5.41, 5.74) is 1.03. The molecule has 9 heteroatoms. The Hall–Kier alpha value is -2.00. The number of anilines is 1. The van der Waals surface area contributed by atoms with Crippen LogP contribution in [0.1, 0.15) is 24.6 Å². The van der Waals surface area contributed by atoms with Gasteiger partial charge >= 0.3 is 0 Å². The molecule has 8 nitrogen and oxygen atoms in total.